The number of amides is 1. The summed E-state index contributed by atoms with van der Waals surface area (Å²) in [5.74, 6) is 0.264. The molecule has 0 radical (unpaired) electrons. The molecular weight excluding hydrogens is 309 g/mol. The van der Waals surface area contributed by atoms with Crippen molar-refractivity contribution < 1.29 is 18.7 Å². The maximum absolute atomic E-state index is 13.3. The van der Waals surface area contributed by atoms with Crippen LogP contribution in [0.15, 0.2) is 47.1 Å². The van der Waals surface area contributed by atoms with Crippen molar-refractivity contribution in [3.05, 3.63) is 59.8 Å². The predicted octanol–water partition coefficient (Wildman–Crippen LogP) is 3.00. The third-order valence-corrected chi connectivity index (χ3v) is 5.28. The summed E-state index contributed by atoms with van der Waals surface area (Å²) in [4.78, 5) is 14.6. The molecule has 3 atom stereocenters. The lowest BCUT2D eigenvalue weighted by Gasteiger charge is -2.43. The SMILES string of the molecule is O=C(Cc1cccc(F)c1)N1[C@@H]2CC[C@H]1CC(O)(c1ccco1)C2. The highest BCUT2D eigenvalue weighted by atomic mass is 19.1. The van der Waals surface area contributed by atoms with Crippen molar-refractivity contribution in [3.8, 4) is 0 Å². The fraction of sp³-hybridized carbons (Fsp3) is 0.421. The molecular formula is C19H20FNO3. The number of fused-ring (bicyclic) bond motifs is 2. The maximum atomic E-state index is 13.3. The van der Waals surface area contributed by atoms with E-state index in [4.69, 9.17) is 4.42 Å². The smallest absolute Gasteiger partial charge is 0.227 e. The molecule has 2 saturated heterocycles. The van der Waals surface area contributed by atoms with Crippen LogP contribution in [0.1, 0.15) is 37.0 Å². The summed E-state index contributed by atoms with van der Waals surface area (Å²) < 4.78 is 18.7. The highest BCUT2D eigenvalue weighted by molar-refractivity contribution is 5.80. The number of carbonyl (C=O) groups excluding carboxylic acids is 1. The summed E-state index contributed by atoms with van der Waals surface area (Å²) in [5.41, 5.74) is -0.309. The van der Waals surface area contributed by atoms with Crippen LogP contribution in [0.3, 0.4) is 0 Å². The van der Waals surface area contributed by atoms with Crippen molar-refractivity contribution in [2.75, 3.05) is 0 Å². The number of benzene rings is 1. The maximum Gasteiger partial charge on any atom is 0.227 e. The second kappa shape index (κ2) is 5.74. The minimum absolute atomic E-state index is 0.00888. The van der Waals surface area contributed by atoms with E-state index in [1.165, 1.54) is 12.1 Å². The van der Waals surface area contributed by atoms with Crippen molar-refractivity contribution >= 4 is 5.91 Å². The van der Waals surface area contributed by atoms with Gasteiger partial charge < -0.3 is 14.4 Å². The molecule has 2 fully saturated rings. The van der Waals surface area contributed by atoms with Crippen LogP contribution >= 0.6 is 0 Å². The molecule has 1 aromatic heterocycles. The third kappa shape index (κ3) is 2.63. The van der Waals surface area contributed by atoms with Gasteiger partial charge in [-0.2, -0.15) is 0 Å². The van der Waals surface area contributed by atoms with Gasteiger partial charge in [-0.1, -0.05) is 12.1 Å². The Morgan fingerprint density at radius 3 is 2.62 bits per heavy atom. The van der Waals surface area contributed by atoms with E-state index in [0.29, 0.717) is 24.2 Å². The van der Waals surface area contributed by atoms with Crippen LogP contribution in [-0.4, -0.2) is 28.0 Å². The van der Waals surface area contributed by atoms with Crippen LogP contribution in [0.2, 0.25) is 0 Å². The lowest BCUT2D eigenvalue weighted by Crippen LogP contribution is -2.52. The zero-order valence-corrected chi connectivity index (χ0v) is 13.3. The Kier molecular flexibility index (Phi) is 3.68. The number of hydrogen-bond donors (Lipinski definition) is 1. The Morgan fingerprint density at radius 1 is 1.25 bits per heavy atom. The Hall–Kier alpha value is -2.14. The highest BCUT2D eigenvalue weighted by Gasteiger charge is 2.51. The monoisotopic (exact) mass is 329 g/mol. The number of aliphatic hydroxyl groups is 1. The van der Waals surface area contributed by atoms with Gasteiger partial charge in [-0.25, -0.2) is 4.39 Å². The van der Waals surface area contributed by atoms with Gasteiger partial charge in [0.1, 0.15) is 17.2 Å². The molecule has 24 heavy (non-hydrogen) atoms. The van der Waals surface area contributed by atoms with Crippen molar-refractivity contribution in [1.82, 2.24) is 4.90 Å². The summed E-state index contributed by atoms with van der Waals surface area (Å²) >= 11 is 0. The highest BCUT2D eigenvalue weighted by Crippen LogP contribution is 2.46. The van der Waals surface area contributed by atoms with Gasteiger partial charge >= 0.3 is 0 Å². The van der Waals surface area contributed by atoms with E-state index in [-0.39, 0.29) is 30.2 Å². The summed E-state index contributed by atoms with van der Waals surface area (Å²) in [7, 11) is 0. The fourth-order valence-corrected chi connectivity index (χ4v) is 4.29. The quantitative estimate of drug-likeness (QED) is 0.942. The van der Waals surface area contributed by atoms with Gasteiger partial charge in [0.15, 0.2) is 0 Å². The number of rotatable bonds is 3. The molecule has 1 unspecified atom stereocenters. The minimum Gasteiger partial charge on any atom is -0.466 e. The van der Waals surface area contributed by atoms with Gasteiger partial charge in [0.05, 0.1) is 12.7 Å². The van der Waals surface area contributed by atoms with Crippen molar-refractivity contribution in [1.29, 1.82) is 0 Å². The fourth-order valence-electron chi connectivity index (χ4n) is 4.29. The zero-order valence-electron chi connectivity index (χ0n) is 13.3. The number of carbonyl (C=O) groups is 1. The Labute approximate surface area is 139 Å². The van der Waals surface area contributed by atoms with Gasteiger partial charge in [-0.15, -0.1) is 0 Å². The summed E-state index contributed by atoms with van der Waals surface area (Å²) in [6.07, 6.45) is 4.53. The van der Waals surface area contributed by atoms with Crippen LogP contribution in [-0.2, 0) is 16.8 Å². The largest absolute Gasteiger partial charge is 0.466 e. The Bertz CT molecular complexity index is 729. The number of hydrogen-bond acceptors (Lipinski definition) is 3. The molecule has 2 aliphatic rings. The summed E-state index contributed by atoms with van der Waals surface area (Å²) in [6, 6.07) is 9.77. The number of halogens is 1. The predicted molar refractivity (Wildman–Crippen MR) is 85.6 cm³/mol. The molecule has 0 saturated carbocycles. The minimum atomic E-state index is -0.995. The third-order valence-electron chi connectivity index (χ3n) is 5.28. The van der Waals surface area contributed by atoms with Gasteiger partial charge in [-0.05, 0) is 42.7 Å². The second-order valence-corrected chi connectivity index (χ2v) is 6.91. The zero-order chi connectivity index (χ0) is 16.7. The van der Waals surface area contributed by atoms with E-state index in [9.17, 15) is 14.3 Å². The Morgan fingerprint density at radius 2 is 2.00 bits per heavy atom. The molecule has 2 aromatic rings. The first kappa shape index (κ1) is 15.4. The molecule has 126 valence electrons. The van der Waals surface area contributed by atoms with Crippen LogP contribution < -0.4 is 0 Å². The van der Waals surface area contributed by atoms with Crippen LogP contribution in [0, 0.1) is 5.82 Å². The topological polar surface area (TPSA) is 53.7 Å². The Balaban J connectivity index is 1.51. The van der Waals surface area contributed by atoms with Crippen molar-refractivity contribution in [2.45, 2.75) is 49.8 Å². The molecule has 0 spiro atoms. The normalized spacial score (nSPS) is 29.0. The van der Waals surface area contributed by atoms with E-state index in [0.717, 1.165) is 12.8 Å². The number of nitrogens with zero attached hydrogens (tertiary/aromatic N) is 1. The van der Waals surface area contributed by atoms with Crippen LogP contribution in [0.25, 0.3) is 0 Å². The average Bonchev–Trinajstić information content (AvgIpc) is 3.15. The lowest BCUT2D eigenvalue weighted by molar-refractivity contribution is -0.142. The van der Waals surface area contributed by atoms with Crippen molar-refractivity contribution in [3.63, 3.8) is 0 Å². The first-order valence-electron chi connectivity index (χ1n) is 8.37. The van der Waals surface area contributed by atoms with Crippen LogP contribution in [0.5, 0.6) is 0 Å². The molecule has 0 aliphatic carbocycles. The average molecular weight is 329 g/mol. The van der Waals surface area contributed by atoms with Gasteiger partial charge in [0.2, 0.25) is 5.91 Å². The molecule has 2 bridgehead atoms. The van der Waals surface area contributed by atoms with Crippen LogP contribution in [0.4, 0.5) is 4.39 Å². The second-order valence-electron chi connectivity index (χ2n) is 6.91. The molecule has 1 amide bonds. The van der Waals surface area contributed by atoms with Gasteiger partial charge in [-0.3, -0.25) is 4.79 Å². The summed E-state index contributed by atoms with van der Waals surface area (Å²) in [6.45, 7) is 0. The first-order valence-corrected chi connectivity index (χ1v) is 8.37. The molecule has 2 aliphatic heterocycles. The first-order chi connectivity index (χ1) is 11.5. The van der Waals surface area contributed by atoms with Gasteiger partial charge in [0, 0.05) is 24.9 Å². The van der Waals surface area contributed by atoms with E-state index < -0.39 is 5.60 Å². The molecule has 5 heteroatoms. The molecule has 4 rings (SSSR count). The standard InChI is InChI=1S/C19H20FNO3/c20-14-4-1-3-13(9-14)10-18(22)21-15-6-7-16(21)12-19(23,11-15)17-5-2-8-24-17/h1-5,8-9,15-16,23H,6-7,10-12H2/t15-,16+,19?. The lowest BCUT2D eigenvalue weighted by atomic mass is 9.84. The summed E-state index contributed by atoms with van der Waals surface area (Å²) in [5, 5.41) is 11.0. The van der Waals surface area contributed by atoms with E-state index in [2.05, 4.69) is 0 Å². The molecule has 1 aromatic carbocycles. The van der Waals surface area contributed by atoms with E-state index in [1.54, 1.807) is 30.5 Å². The number of furan rings is 1. The van der Waals surface area contributed by atoms with Crippen molar-refractivity contribution in [2.24, 2.45) is 0 Å². The number of piperidine rings is 1. The van der Waals surface area contributed by atoms with E-state index >= 15 is 0 Å². The molecule has 1 N–H and O–H groups in total. The van der Waals surface area contributed by atoms with Gasteiger partial charge in [0.25, 0.3) is 0 Å². The molecule has 4 nitrogen and oxygen atoms in total. The molecule has 3 heterocycles. The van der Waals surface area contributed by atoms with E-state index in [1.807, 2.05) is 4.90 Å².